The lowest BCUT2D eigenvalue weighted by molar-refractivity contribution is -0.136. The maximum absolute atomic E-state index is 14.7. The molecule has 1 saturated carbocycles. The number of hydrogen-bond acceptors (Lipinski definition) is 12. The summed E-state index contributed by atoms with van der Waals surface area (Å²) in [5.74, 6) is -1.52. The van der Waals surface area contributed by atoms with Gasteiger partial charge in [0.1, 0.15) is 29.6 Å². The Morgan fingerprint density at radius 3 is 2.20 bits per heavy atom. The van der Waals surface area contributed by atoms with Crippen molar-refractivity contribution in [2.75, 3.05) is 25.9 Å². The molecule has 0 bridgehead atoms. The van der Waals surface area contributed by atoms with Crippen LogP contribution in [0.5, 0.6) is 17.2 Å². The number of benzene rings is 3. The number of nitrogens with one attached hydrogen (secondary N) is 1. The third-order valence-corrected chi connectivity index (χ3v) is 12.8. The van der Waals surface area contributed by atoms with Crippen molar-refractivity contribution >= 4 is 40.5 Å². The minimum Gasteiger partial charge on any atom is -0.494 e. The molecular formula is C43H42FN9O6. The van der Waals surface area contributed by atoms with E-state index >= 15 is 0 Å². The second-order valence-electron chi connectivity index (χ2n) is 16.1. The maximum Gasteiger partial charge on any atom is 0.262 e. The zero-order chi connectivity index (χ0) is 40.5. The van der Waals surface area contributed by atoms with Crippen molar-refractivity contribution in [3.63, 3.8) is 0 Å². The molecule has 6 heterocycles. The molecule has 59 heavy (non-hydrogen) atoms. The first-order valence-corrected chi connectivity index (χ1v) is 20.1. The predicted octanol–water partition coefficient (Wildman–Crippen LogP) is 4.99. The van der Waals surface area contributed by atoms with Gasteiger partial charge < -0.3 is 15.2 Å². The smallest absolute Gasteiger partial charge is 0.262 e. The Labute approximate surface area is 338 Å². The van der Waals surface area contributed by atoms with Crippen LogP contribution >= 0.6 is 0 Å². The summed E-state index contributed by atoms with van der Waals surface area (Å²) in [6, 6.07) is 15.7. The number of rotatable bonds is 8. The molecule has 3 aromatic carbocycles. The van der Waals surface area contributed by atoms with Crippen LogP contribution in [0.1, 0.15) is 82.8 Å². The number of nitrogens with zero attached hydrogens (tertiary/aromatic N) is 7. The number of carbonyl (C=O) groups excluding carboxylic acids is 4. The summed E-state index contributed by atoms with van der Waals surface area (Å²) in [6.45, 7) is 3.35. The highest BCUT2D eigenvalue weighted by Gasteiger charge is 2.46. The van der Waals surface area contributed by atoms with E-state index in [0.717, 1.165) is 66.8 Å². The molecule has 0 radical (unpaired) electrons. The molecule has 5 aliphatic rings. The summed E-state index contributed by atoms with van der Waals surface area (Å²) in [5, 5.41) is 8.04. The molecule has 2 saturated heterocycles. The van der Waals surface area contributed by atoms with Gasteiger partial charge in [-0.05, 0) is 98.2 Å². The number of anilines is 1. The van der Waals surface area contributed by atoms with Crippen molar-refractivity contribution in [3.8, 4) is 28.5 Å². The Kier molecular flexibility index (Phi) is 9.12. The van der Waals surface area contributed by atoms with Crippen LogP contribution in [-0.2, 0) is 22.7 Å². The molecule has 5 aromatic rings. The van der Waals surface area contributed by atoms with Crippen LogP contribution in [0.4, 0.5) is 10.2 Å². The van der Waals surface area contributed by atoms with Gasteiger partial charge in [-0.3, -0.25) is 39.2 Å². The van der Waals surface area contributed by atoms with Gasteiger partial charge in [0, 0.05) is 50.2 Å². The first kappa shape index (κ1) is 37.0. The number of hydrogen-bond donors (Lipinski definition) is 2. The van der Waals surface area contributed by atoms with Crippen LogP contribution in [0.25, 0.3) is 22.3 Å². The molecule has 10 rings (SSSR count). The highest BCUT2D eigenvalue weighted by molar-refractivity contribution is 6.23. The summed E-state index contributed by atoms with van der Waals surface area (Å²) < 4.78 is 27.7. The summed E-state index contributed by atoms with van der Waals surface area (Å²) in [4.78, 5) is 66.0. The molecule has 0 spiro atoms. The van der Waals surface area contributed by atoms with Gasteiger partial charge in [0.2, 0.25) is 17.6 Å². The molecule has 2 aromatic heterocycles. The van der Waals surface area contributed by atoms with Crippen molar-refractivity contribution < 1.29 is 33.0 Å². The molecule has 302 valence electrons. The minimum absolute atomic E-state index is 0.0642. The largest absolute Gasteiger partial charge is 0.494 e. The molecule has 3 fully saturated rings. The summed E-state index contributed by atoms with van der Waals surface area (Å²) in [7, 11) is 1.41. The van der Waals surface area contributed by atoms with Gasteiger partial charge in [-0.25, -0.2) is 14.6 Å². The number of methoxy groups -OCH3 is 1. The van der Waals surface area contributed by atoms with E-state index in [1.54, 1.807) is 24.3 Å². The summed E-state index contributed by atoms with van der Waals surface area (Å²) in [5.41, 5.74) is 11.4. The topological polar surface area (TPSA) is 178 Å². The summed E-state index contributed by atoms with van der Waals surface area (Å²) in [6.07, 6.45) is 6.65. The number of halogens is 1. The van der Waals surface area contributed by atoms with Crippen LogP contribution in [0.2, 0.25) is 0 Å². The highest BCUT2D eigenvalue weighted by Crippen LogP contribution is 2.40. The zero-order valence-corrected chi connectivity index (χ0v) is 32.4. The quantitative estimate of drug-likeness (QED) is 0.201. The van der Waals surface area contributed by atoms with Crippen molar-refractivity contribution in [2.24, 2.45) is 0 Å². The van der Waals surface area contributed by atoms with E-state index in [0.29, 0.717) is 64.6 Å². The van der Waals surface area contributed by atoms with Gasteiger partial charge in [0.05, 0.1) is 29.7 Å². The molecule has 3 N–H and O–H groups in total. The van der Waals surface area contributed by atoms with Crippen molar-refractivity contribution in [3.05, 3.63) is 89.0 Å². The number of piperidine rings is 1. The number of ether oxygens (including phenoxy) is 2. The number of aromatic nitrogens is 4. The fraction of sp³-hybridized carbons (Fsp3) is 0.372. The first-order valence-electron chi connectivity index (χ1n) is 20.1. The number of likely N-dealkylation sites (tertiary alicyclic amines) is 1. The lowest BCUT2D eigenvalue weighted by Gasteiger charge is -2.35. The Morgan fingerprint density at radius 2 is 1.51 bits per heavy atom. The molecule has 2 unspecified atom stereocenters. The van der Waals surface area contributed by atoms with Crippen molar-refractivity contribution in [1.82, 2.24) is 39.8 Å². The fourth-order valence-corrected chi connectivity index (χ4v) is 9.71. The van der Waals surface area contributed by atoms with Crippen LogP contribution < -0.4 is 20.5 Å². The second kappa shape index (κ2) is 14.5. The van der Waals surface area contributed by atoms with E-state index in [4.69, 9.17) is 20.3 Å². The van der Waals surface area contributed by atoms with Gasteiger partial charge in [-0.2, -0.15) is 9.49 Å². The number of imide groups is 2. The third kappa shape index (κ3) is 6.37. The second-order valence-corrected chi connectivity index (χ2v) is 16.1. The van der Waals surface area contributed by atoms with Crippen molar-refractivity contribution in [2.45, 2.75) is 82.2 Å². The Morgan fingerprint density at radius 1 is 0.814 bits per heavy atom. The molecule has 15 nitrogen and oxygen atoms in total. The van der Waals surface area contributed by atoms with E-state index in [-0.39, 0.29) is 30.4 Å². The molecule has 4 aliphatic heterocycles. The minimum atomic E-state index is -0.971. The number of carbonyl (C=O) groups is 4. The third-order valence-electron chi connectivity index (χ3n) is 12.8. The van der Waals surface area contributed by atoms with E-state index < -0.39 is 35.5 Å². The van der Waals surface area contributed by atoms with Gasteiger partial charge in [-0.1, -0.05) is 6.07 Å². The van der Waals surface area contributed by atoms with Gasteiger partial charge >= 0.3 is 0 Å². The highest BCUT2D eigenvalue weighted by atomic mass is 19.1. The monoisotopic (exact) mass is 799 g/mol. The lowest BCUT2D eigenvalue weighted by atomic mass is 9.90. The van der Waals surface area contributed by atoms with Crippen LogP contribution in [0.15, 0.2) is 60.9 Å². The van der Waals surface area contributed by atoms with E-state index in [1.165, 1.54) is 19.5 Å². The Bertz CT molecular complexity index is 2510. The predicted molar refractivity (Wildman–Crippen MR) is 212 cm³/mol. The maximum atomic E-state index is 14.7. The molecule has 16 heteroatoms. The molecular weight excluding hydrogens is 758 g/mol. The molecule has 2 atom stereocenters. The van der Waals surface area contributed by atoms with Crippen LogP contribution in [0.3, 0.4) is 0 Å². The van der Waals surface area contributed by atoms with Gasteiger partial charge in [-0.15, -0.1) is 0 Å². The number of fused-ring (bicyclic) bond motifs is 3. The SMILES string of the molecule is COc1cccc(Oc2ccc(-c3nn(C4CCC(N5CCC(N6Cc7cc8c(cc7C6)C(=O)N(C6CCC(=O)NC6=O)C8=O)C5)CC4)c4ncnc(N)c34)cc2)c1F. The summed E-state index contributed by atoms with van der Waals surface area (Å²) >= 11 is 0. The van der Waals surface area contributed by atoms with Crippen molar-refractivity contribution in [1.29, 1.82) is 0 Å². The van der Waals surface area contributed by atoms with Gasteiger partial charge in [0.15, 0.2) is 17.1 Å². The van der Waals surface area contributed by atoms with E-state index in [1.807, 2.05) is 28.9 Å². The van der Waals surface area contributed by atoms with E-state index in [2.05, 4.69) is 25.1 Å². The van der Waals surface area contributed by atoms with Crippen LogP contribution in [0, 0.1) is 5.82 Å². The van der Waals surface area contributed by atoms with E-state index in [9.17, 15) is 23.6 Å². The fourth-order valence-electron chi connectivity index (χ4n) is 9.71. The number of nitrogens with two attached hydrogens (primary N) is 1. The zero-order valence-electron chi connectivity index (χ0n) is 32.4. The number of nitrogen functional groups attached to an aromatic ring is 1. The number of amides is 4. The standard InChI is InChI=1S/C43H42FN9O6/c1-58-33-3-2-4-34(37(33)44)59-29-11-5-23(6-12-29)38-36-39(45)46-22-47-40(36)53(49-38)27-9-7-26(8-10-27)50-16-15-28(21-50)51-19-24-17-30-31(18-25(24)20-51)43(57)52(42(30)56)32-13-14-35(54)48-41(32)55/h2-6,11-12,17-18,22,26-28,32H,7-10,13-16,19-21H2,1H3,(H2,45,46,47)(H,48,54,55). The first-order chi connectivity index (χ1) is 28.6. The average molecular weight is 800 g/mol. The Balaban J connectivity index is 0.782. The Hall–Kier alpha value is -6.26. The van der Waals surface area contributed by atoms with Crippen LogP contribution in [-0.4, -0.2) is 96.4 Å². The normalized spacial score (nSPS) is 23.5. The van der Waals surface area contributed by atoms with Gasteiger partial charge in [0.25, 0.3) is 11.8 Å². The average Bonchev–Trinajstić information content (AvgIpc) is 4.04. The lowest BCUT2D eigenvalue weighted by Crippen LogP contribution is -2.54. The molecule has 4 amide bonds. The molecule has 1 aliphatic carbocycles.